The van der Waals surface area contributed by atoms with Gasteiger partial charge in [-0.05, 0) is 37.3 Å². The maximum Gasteiger partial charge on any atom is 0.125 e. The molecule has 1 heterocycles. The topological polar surface area (TPSA) is 38.0 Å². The highest BCUT2D eigenvalue weighted by Crippen LogP contribution is 2.32. The highest BCUT2D eigenvalue weighted by atomic mass is 35.5. The van der Waals surface area contributed by atoms with Gasteiger partial charge < -0.3 is 5.11 Å². The second-order valence-electron chi connectivity index (χ2n) is 4.13. The lowest BCUT2D eigenvalue weighted by molar-refractivity contribution is 0.477. The van der Waals surface area contributed by atoms with Gasteiger partial charge in [-0.2, -0.15) is 0 Å². The molecule has 0 saturated heterocycles. The van der Waals surface area contributed by atoms with Gasteiger partial charge in [0.1, 0.15) is 5.75 Å². The Morgan fingerprint density at radius 1 is 1.45 bits per heavy atom. The third-order valence-corrected chi connectivity index (χ3v) is 3.05. The largest absolute Gasteiger partial charge is 0.507 e. The number of aromatic hydroxyl groups is 1. The molecule has 0 bridgehead atoms. The average Bonchev–Trinajstić information content (AvgIpc) is 2.91. The fourth-order valence-corrected chi connectivity index (χ4v) is 2.03. The van der Waals surface area contributed by atoms with Gasteiger partial charge in [0, 0.05) is 16.3 Å². The van der Waals surface area contributed by atoms with E-state index in [-0.39, 0.29) is 5.75 Å². The summed E-state index contributed by atoms with van der Waals surface area (Å²) in [5, 5.41) is 10.6. The molecule has 1 N–H and O–H groups in total. The van der Waals surface area contributed by atoms with Crippen molar-refractivity contribution in [3.05, 3.63) is 66.6 Å². The van der Waals surface area contributed by atoms with Crippen LogP contribution in [0.15, 0.2) is 61.6 Å². The number of hydrogen-bond acceptors (Lipinski definition) is 2. The smallest absolute Gasteiger partial charge is 0.125 e. The second kappa shape index (κ2) is 6.26. The molecule has 1 aromatic carbocycles. The minimum atomic E-state index is 0.158. The van der Waals surface area contributed by atoms with Crippen LogP contribution in [0.1, 0.15) is 6.92 Å². The standard InChI is InChI=1S/C16H15ClN2O/c1-3-5-6-13(4-2)19-11-18-10-15(19)14-9-12(17)7-8-16(14)20/h3-11,20H,2H2,1H3. The summed E-state index contributed by atoms with van der Waals surface area (Å²) in [7, 11) is 0. The molecule has 0 unspecified atom stereocenters. The van der Waals surface area contributed by atoms with Gasteiger partial charge >= 0.3 is 0 Å². The Kier molecular flexibility index (Phi) is 4.43. The Balaban J connectivity index is 2.58. The van der Waals surface area contributed by atoms with E-state index in [1.54, 1.807) is 36.8 Å². The van der Waals surface area contributed by atoms with Gasteiger partial charge in [-0.1, -0.05) is 30.3 Å². The molecule has 0 aliphatic rings. The van der Waals surface area contributed by atoms with Crippen LogP contribution in [0.2, 0.25) is 5.02 Å². The van der Waals surface area contributed by atoms with E-state index in [1.807, 2.05) is 29.7 Å². The Bertz CT molecular complexity index is 684. The molecule has 20 heavy (non-hydrogen) atoms. The fraction of sp³-hybridized carbons (Fsp3) is 0.0625. The Morgan fingerprint density at radius 2 is 2.25 bits per heavy atom. The number of imidazole rings is 1. The summed E-state index contributed by atoms with van der Waals surface area (Å²) in [4.78, 5) is 4.14. The van der Waals surface area contributed by atoms with Crippen LogP contribution in [0.5, 0.6) is 5.75 Å². The van der Waals surface area contributed by atoms with Crippen LogP contribution in [0, 0.1) is 0 Å². The van der Waals surface area contributed by atoms with Gasteiger partial charge in [-0.25, -0.2) is 4.98 Å². The molecule has 0 aliphatic heterocycles. The number of halogens is 1. The average molecular weight is 287 g/mol. The minimum absolute atomic E-state index is 0.158. The highest BCUT2D eigenvalue weighted by molar-refractivity contribution is 6.30. The number of hydrogen-bond donors (Lipinski definition) is 1. The maximum absolute atomic E-state index is 10.0. The summed E-state index contributed by atoms with van der Waals surface area (Å²) >= 11 is 6.00. The predicted octanol–water partition coefficient (Wildman–Crippen LogP) is 4.51. The first-order valence-corrected chi connectivity index (χ1v) is 6.52. The van der Waals surface area contributed by atoms with Gasteiger partial charge in [0.05, 0.1) is 18.2 Å². The Morgan fingerprint density at radius 3 is 2.95 bits per heavy atom. The molecule has 0 radical (unpaired) electrons. The summed E-state index contributed by atoms with van der Waals surface area (Å²) in [6.45, 7) is 5.74. The molecule has 102 valence electrons. The van der Waals surface area contributed by atoms with E-state index in [2.05, 4.69) is 11.6 Å². The summed E-state index contributed by atoms with van der Waals surface area (Å²) in [6.07, 6.45) is 10.8. The quantitative estimate of drug-likeness (QED) is 0.840. The molecule has 2 aromatic rings. The van der Waals surface area contributed by atoms with Crippen molar-refractivity contribution in [1.29, 1.82) is 0 Å². The van der Waals surface area contributed by atoms with Crippen LogP contribution in [0.4, 0.5) is 0 Å². The first kappa shape index (κ1) is 14.2. The molecule has 3 nitrogen and oxygen atoms in total. The van der Waals surface area contributed by atoms with E-state index in [4.69, 9.17) is 11.6 Å². The van der Waals surface area contributed by atoms with Crippen molar-refractivity contribution in [2.45, 2.75) is 6.92 Å². The summed E-state index contributed by atoms with van der Waals surface area (Å²) in [5.41, 5.74) is 2.24. The molecular weight excluding hydrogens is 272 g/mol. The number of benzene rings is 1. The molecule has 1 aromatic heterocycles. The van der Waals surface area contributed by atoms with E-state index < -0.39 is 0 Å². The van der Waals surface area contributed by atoms with Crippen molar-refractivity contribution in [3.63, 3.8) is 0 Å². The van der Waals surface area contributed by atoms with Crippen molar-refractivity contribution < 1.29 is 5.11 Å². The molecule has 0 atom stereocenters. The third-order valence-electron chi connectivity index (χ3n) is 2.82. The van der Waals surface area contributed by atoms with E-state index in [1.165, 1.54) is 0 Å². The molecule has 0 saturated carbocycles. The lowest BCUT2D eigenvalue weighted by Gasteiger charge is -2.10. The molecule has 2 rings (SSSR count). The van der Waals surface area contributed by atoms with E-state index in [9.17, 15) is 5.11 Å². The second-order valence-corrected chi connectivity index (χ2v) is 4.57. The molecular formula is C16H15ClN2O. The number of aromatic nitrogens is 2. The molecule has 0 fully saturated rings. The van der Waals surface area contributed by atoms with Gasteiger partial charge in [-0.15, -0.1) is 0 Å². The number of nitrogens with zero attached hydrogens (tertiary/aromatic N) is 2. The van der Waals surface area contributed by atoms with Gasteiger partial charge in [0.25, 0.3) is 0 Å². The zero-order valence-corrected chi connectivity index (χ0v) is 11.9. The third kappa shape index (κ3) is 2.83. The zero-order chi connectivity index (χ0) is 14.5. The van der Waals surface area contributed by atoms with E-state index in [0.29, 0.717) is 10.6 Å². The number of phenols is 1. The molecule has 0 aliphatic carbocycles. The lowest BCUT2D eigenvalue weighted by Crippen LogP contribution is -1.95. The van der Waals surface area contributed by atoms with Crippen LogP contribution in [0.25, 0.3) is 17.0 Å². The first-order valence-electron chi connectivity index (χ1n) is 6.14. The summed E-state index contributed by atoms with van der Waals surface area (Å²) in [5.74, 6) is 0.158. The highest BCUT2D eigenvalue weighted by Gasteiger charge is 2.11. The van der Waals surface area contributed by atoms with Crippen molar-refractivity contribution in [3.8, 4) is 17.0 Å². The fourth-order valence-electron chi connectivity index (χ4n) is 1.85. The summed E-state index contributed by atoms with van der Waals surface area (Å²) < 4.78 is 1.85. The predicted molar refractivity (Wildman–Crippen MR) is 83.6 cm³/mol. The minimum Gasteiger partial charge on any atom is -0.507 e. The van der Waals surface area contributed by atoms with Crippen molar-refractivity contribution >= 4 is 17.3 Å². The molecule has 0 amide bonds. The van der Waals surface area contributed by atoms with Crippen LogP contribution in [-0.4, -0.2) is 14.7 Å². The van der Waals surface area contributed by atoms with Crippen molar-refractivity contribution in [2.24, 2.45) is 0 Å². The van der Waals surface area contributed by atoms with Crippen molar-refractivity contribution in [1.82, 2.24) is 9.55 Å². The maximum atomic E-state index is 10.0. The molecule has 4 heteroatoms. The Hall–Kier alpha value is -2.26. The van der Waals surface area contributed by atoms with Crippen LogP contribution >= 0.6 is 11.6 Å². The lowest BCUT2D eigenvalue weighted by atomic mass is 10.1. The Labute approximate surface area is 123 Å². The van der Waals surface area contributed by atoms with Crippen molar-refractivity contribution in [2.75, 3.05) is 0 Å². The van der Waals surface area contributed by atoms with E-state index in [0.717, 1.165) is 11.4 Å². The van der Waals surface area contributed by atoms with Crippen LogP contribution in [0.3, 0.4) is 0 Å². The van der Waals surface area contributed by atoms with Gasteiger partial charge in [0.2, 0.25) is 0 Å². The van der Waals surface area contributed by atoms with Gasteiger partial charge in [-0.3, -0.25) is 4.57 Å². The SMILES string of the molecule is C=CC(=CC=CC)n1cncc1-c1cc(Cl)ccc1O. The van der Waals surface area contributed by atoms with Gasteiger partial charge in [0.15, 0.2) is 0 Å². The first-order chi connectivity index (χ1) is 9.67. The summed E-state index contributed by atoms with van der Waals surface area (Å²) in [6, 6.07) is 4.92. The van der Waals surface area contributed by atoms with Crippen LogP contribution in [-0.2, 0) is 0 Å². The van der Waals surface area contributed by atoms with Crippen LogP contribution < -0.4 is 0 Å². The molecule has 0 spiro atoms. The number of allylic oxidation sites excluding steroid dienone is 5. The zero-order valence-electron chi connectivity index (χ0n) is 11.1. The number of phenolic OH excluding ortho intramolecular Hbond substituents is 1. The number of rotatable bonds is 4. The van der Waals surface area contributed by atoms with E-state index >= 15 is 0 Å². The normalized spacial score (nSPS) is 12.0. The monoisotopic (exact) mass is 286 g/mol.